The molecular weight excluding hydrogens is 560 g/mol. The molecule has 0 bridgehead atoms. The molecule has 1 amide bonds. The summed E-state index contributed by atoms with van der Waals surface area (Å²) < 4.78 is 12.5. The first-order valence-electron chi connectivity index (χ1n) is 13.0. The van der Waals surface area contributed by atoms with Crippen LogP contribution in [-0.2, 0) is 16.2 Å². The number of hydrogen-bond acceptors (Lipinski definition) is 6. The average Bonchev–Trinajstić information content (AvgIpc) is 3.22. The molecule has 0 radical (unpaired) electrons. The number of benzene rings is 3. The number of aliphatic hydroxyl groups is 1. The molecule has 0 aliphatic carbocycles. The number of aliphatic hydroxyl groups excluding tert-OH is 1. The Kier molecular flexibility index (Phi) is 9.43. The number of methoxy groups -OCH3 is 1. The second-order valence-corrected chi connectivity index (χ2v) is 10.1. The molecule has 7 nitrogen and oxygen atoms in total. The zero-order valence-electron chi connectivity index (χ0n) is 22.4. The molecule has 1 heterocycles. The number of carbonyl (C=O) groups is 2. The van der Waals surface area contributed by atoms with Crippen LogP contribution in [0.4, 0.5) is 0 Å². The Balaban J connectivity index is 1.74. The Morgan fingerprint density at radius 1 is 0.974 bits per heavy atom. The van der Waals surface area contributed by atoms with Gasteiger partial charge in [0.15, 0.2) is 11.5 Å². The van der Waals surface area contributed by atoms with E-state index >= 15 is 0 Å². The fourth-order valence-electron chi connectivity index (χ4n) is 4.72. The molecule has 0 spiro atoms. The Hall–Kier alpha value is -3.62. The second kappa shape index (κ2) is 13.0. The Bertz CT molecular complexity index is 1340. The number of nitrogens with zero attached hydrogens (tertiary/aromatic N) is 2. The molecular formula is C31H33BrN2O5. The van der Waals surface area contributed by atoms with Gasteiger partial charge < -0.3 is 24.4 Å². The highest BCUT2D eigenvalue weighted by atomic mass is 79.9. The fraction of sp³-hybridized carbons (Fsp3) is 0.290. The van der Waals surface area contributed by atoms with Gasteiger partial charge in [0.05, 0.1) is 18.7 Å². The number of ether oxygens (including phenoxy) is 2. The lowest BCUT2D eigenvalue weighted by molar-refractivity contribution is -0.140. The predicted octanol–water partition coefficient (Wildman–Crippen LogP) is 5.80. The van der Waals surface area contributed by atoms with Gasteiger partial charge in [0, 0.05) is 23.1 Å². The van der Waals surface area contributed by atoms with Gasteiger partial charge in [-0.1, -0.05) is 78.3 Å². The van der Waals surface area contributed by atoms with Gasteiger partial charge >= 0.3 is 0 Å². The van der Waals surface area contributed by atoms with E-state index in [2.05, 4.69) is 34.7 Å². The van der Waals surface area contributed by atoms with Crippen LogP contribution in [0.3, 0.4) is 0 Å². The van der Waals surface area contributed by atoms with Gasteiger partial charge in [0.25, 0.3) is 11.7 Å². The predicted molar refractivity (Wildman–Crippen MR) is 155 cm³/mol. The Labute approximate surface area is 237 Å². The normalized spacial score (nSPS) is 16.6. The van der Waals surface area contributed by atoms with Gasteiger partial charge in [-0.25, -0.2) is 0 Å². The molecule has 39 heavy (non-hydrogen) atoms. The van der Waals surface area contributed by atoms with Crippen molar-refractivity contribution in [2.45, 2.75) is 26.5 Å². The van der Waals surface area contributed by atoms with E-state index in [1.165, 1.54) is 0 Å². The van der Waals surface area contributed by atoms with Gasteiger partial charge in [-0.05, 0) is 48.5 Å². The molecule has 3 aromatic rings. The second-order valence-electron chi connectivity index (χ2n) is 9.21. The largest absolute Gasteiger partial charge is 0.507 e. The Morgan fingerprint density at radius 2 is 1.67 bits per heavy atom. The molecule has 1 aliphatic heterocycles. The molecule has 1 saturated heterocycles. The number of hydrogen-bond donors (Lipinski definition) is 1. The number of amides is 1. The SMILES string of the molecule is CCN(CC)CCN1C(=O)C(=O)/C(=C(/O)c2ccc(Br)cc2)C1c1ccc(OCc2ccccc2)c(OC)c1. The van der Waals surface area contributed by atoms with Crippen LogP contribution < -0.4 is 9.47 Å². The minimum absolute atomic E-state index is 0.0573. The summed E-state index contributed by atoms with van der Waals surface area (Å²) in [4.78, 5) is 30.4. The van der Waals surface area contributed by atoms with Crippen molar-refractivity contribution in [2.24, 2.45) is 0 Å². The highest BCUT2D eigenvalue weighted by Gasteiger charge is 2.46. The third kappa shape index (κ3) is 6.34. The number of halogens is 1. The maximum Gasteiger partial charge on any atom is 0.295 e. The van der Waals surface area contributed by atoms with Crippen LogP contribution in [0, 0.1) is 0 Å². The van der Waals surface area contributed by atoms with Crippen LogP contribution in [0.5, 0.6) is 11.5 Å². The van der Waals surface area contributed by atoms with Crippen LogP contribution in [0.25, 0.3) is 5.76 Å². The summed E-state index contributed by atoms with van der Waals surface area (Å²) in [6.45, 7) is 7.06. The van der Waals surface area contributed by atoms with E-state index in [1.54, 1.807) is 48.4 Å². The molecule has 1 aliphatic rings. The summed E-state index contributed by atoms with van der Waals surface area (Å²) in [5.74, 6) is -0.531. The molecule has 204 valence electrons. The van der Waals surface area contributed by atoms with E-state index in [9.17, 15) is 14.7 Å². The first-order chi connectivity index (χ1) is 18.9. The lowest BCUT2D eigenvalue weighted by Crippen LogP contribution is -2.38. The highest BCUT2D eigenvalue weighted by Crippen LogP contribution is 2.42. The van der Waals surface area contributed by atoms with Crippen molar-refractivity contribution in [3.63, 3.8) is 0 Å². The summed E-state index contributed by atoms with van der Waals surface area (Å²) in [7, 11) is 1.55. The molecule has 0 saturated carbocycles. The van der Waals surface area contributed by atoms with Gasteiger partial charge in [0.2, 0.25) is 0 Å². The van der Waals surface area contributed by atoms with Crippen LogP contribution in [0.15, 0.2) is 82.8 Å². The molecule has 1 fully saturated rings. The average molecular weight is 594 g/mol. The zero-order chi connectivity index (χ0) is 27.9. The lowest BCUT2D eigenvalue weighted by atomic mass is 9.95. The number of likely N-dealkylation sites (N-methyl/N-ethyl adjacent to an activating group) is 1. The van der Waals surface area contributed by atoms with Crippen molar-refractivity contribution in [3.8, 4) is 11.5 Å². The lowest BCUT2D eigenvalue weighted by Gasteiger charge is -2.28. The topological polar surface area (TPSA) is 79.3 Å². The minimum Gasteiger partial charge on any atom is -0.507 e. The number of carbonyl (C=O) groups excluding carboxylic acids is 2. The molecule has 1 atom stereocenters. The molecule has 4 rings (SSSR count). The highest BCUT2D eigenvalue weighted by molar-refractivity contribution is 9.10. The molecule has 8 heteroatoms. The summed E-state index contributed by atoms with van der Waals surface area (Å²) in [5.41, 5.74) is 2.18. The number of rotatable bonds is 11. The standard InChI is InChI=1S/C31H33BrN2O5/c1-4-33(5-2)17-18-34-28(27(30(36)31(34)37)29(35)22-11-14-24(32)15-12-22)23-13-16-25(26(19-23)38-3)39-20-21-9-7-6-8-10-21/h6-16,19,28,35H,4-5,17-18,20H2,1-3H3/b29-27+. The molecule has 1 unspecified atom stereocenters. The van der Waals surface area contributed by atoms with Gasteiger partial charge in [-0.2, -0.15) is 0 Å². The third-order valence-electron chi connectivity index (χ3n) is 6.95. The first kappa shape index (κ1) is 28.4. The van der Waals surface area contributed by atoms with Crippen molar-refractivity contribution in [3.05, 3.63) is 99.5 Å². The van der Waals surface area contributed by atoms with Crippen LogP contribution in [-0.4, -0.2) is 59.9 Å². The van der Waals surface area contributed by atoms with E-state index in [1.807, 2.05) is 36.4 Å². The number of Topliss-reactive ketones (excluding diaryl/α,β-unsaturated/α-hetero) is 1. The smallest absolute Gasteiger partial charge is 0.295 e. The molecule has 1 N–H and O–H groups in total. The van der Waals surface area contributed by atoms with Crippen molar-refractivity contribution < 1.29 is 24.2 Å². The maximum atomic E-state index is 13.4. The van der Waals surface area contributed by atoms with Crippen LogP contribution in [0.1, 0.15) is 36.6 Å². The van der Waals surface area contributed by atoms with E-state index in [-0.39, 0.29) is 11.3 Å². The monoisotopic (exact) mass is 592 g/mol. The van der Waals surface area contributed by atoms with Crippen LogP contribution in [0.2, 0.25) is 0 Å². The summed E-state index contributed by atoms with van der Waals surface area (Å²) in [6.07, 6.45) is 0. The fourth-order valence-corrected chi connectivity index (χ4v) is 4.98. The molecule has 0 aromatic heterocycles. The van der Waals surface area contributed by atoms with E-state index in [0.29, 0.717) is 42.3 Å². The quantitative estimate of drug-likeness (QED) is 0.172. The van der Waals surface area contributed by atoms with Crippen molar-refractivity contribution >= 4 is 33.4 Å². The minimum atomic E-state index is -0.777. The van der Waals surface area contributed by atoms with Crippen molar-refractivity contribution in [2.75, 3.05) is 33.3 Å². The zero-order valence-corrected chi connectivity index (χ0v) is 24.0. The van der Waals surface area contributed by atoms with E-state index in [4.69, 9.17) is 9.47 Å². The summed E-state index contributed by atoms with van der Waals surface area (Å²) in [5, 5.41) is 11.3. The maximum absolute atomic E-state index is 13.4. The molecule has 3 aromatic carbocycles. The van der Waals surface area contributed by atoms with E-state index < -0.39 is 17.7 Å². The van der Waals surface area contributed by atoms with Crippen molar-refractivity contribution in [1.82, 2.24) is 9.80 Å². The summed E-state index contributed by atoms with van der Waals surface area (Å²) >= 11 is 3.40. The van der Waals surface area contributed by atoms with Gasteiger partial charge in [0.1, 0.15) is 12.4 Å². The van der Waals surface area contributed by atoms with Gasteiger partial charge in [-0.15, -0.1) is 0 Å². The van der Waals surface area contributed by atoms with E-state index in [0.717, 1.165) is 23.1 Å². The first-order valence-corrected chi connectivity index (χ1v) is 13.8. The number of ketones is 1. The van der Waals surface area contributed by atoms with Gasteiger partial charge in [-0.3, -0.25) is 9.59 Å². The number of likely N-dealkylation sites (tertiary alicyclic amines) is 1. The van der Waals surface area contributed by atoms with Crippen LogP contribution >= 0.6 is 15.9 Å². The summed E-state index contributed by atoms with van der Waals surface area (Å²) in [6, 6.07) is 21.4. The third-order valence-corrected chi connectivity index (χ3v) is 7.48. The Morgan fingerprint density at radius 3 is 2.31 bits per heavy atom. The van der Waals surface area contributed by atoms with Crippen molar-refractivity contribution in [1.29, 1.82) is 0 Å².